The molecule has 0 aliphatic heterocycles. The standard InChI is InChI=1S/C18H21ClN2O2/c1-2-11-23-17-9-8-14(12-15(17)19)21-18(22)10-7-13-5-3-4-6-16(13)20/h3-6,8-9,12H,2,7,10-11,20H2,1H3,(H,21,22). The van der Waals surface area contributed by atoms with Crippen LogP contribution in [0.2, 0.25) is 5.02 Å². The number of hydrogen-bond acceptors (Lipinski definition) is 3. The lowest BCUT2D eigenvalue weighted by Crippen LogP contribution is -2.12. The molecule has 0 radical (unpaired) electrons. The second-order valence-corrected chi connectivity index (χ2v) is 5.65. The molecule has 0 unspecified atom stereocenters. The van der Waals surface area contributed by atoms with Crippen LogP contribution in [0.25, 0.3) is 0 Å². The zero-order chi connectivity index (χ0) is 16.7. The Morgan fingerprint density at radius 2 is 2.04 bits per heavy atom. The molecule has 0 saturated heterocycles. The molecule has 0 spiro atoms. The van der Waals surface area contributed by atoms with E-state index in [-0.39, 0.29) is 5.91 Å². The zero-order valence-corrected chi connectivity index (χ0v) is 13.9. The first-order valence-corrected chi connectivity index (χ1v) is 8.03. The van der Waals surface area contributed by atoms with Crippen molar-refractivity contribution in [2.45, 2.75) is 26.2 Å². The van der Waals surface area contributed by atoms with Crippen molar-refractivity contribution in [1.29, 1.82) is 0 Å². The predicted molar refractivity (Wildman–Crippen MR) is 95.0 cm³/mol. The van der Waals surface area contributed by atoms with Gasteiger partial charge in [-0.05, 0) is 42.7 Å². The Hall–Kier alpha value is -2.20. The van der Waals surface area contributed by atoms with Crippen molar-refractivity contribution in [1.82, 2.24) is 0 Å². The summed E-state index contributed by atoms with van der Waals surface area (Å²) in [7, 11) is 0. The summed E-state index contributed by atoms with van der Waals surface area (Å²) < 4.78 is 5.51. The second kappa shape index (κ2) is 8.44. The predicted octanol–water partition coefficient (Wildman–Crippen LogP) is 4.28. The van der Waals surface area contributed by atoms with Gasteiger partial charge in [-0.3, -0.25) is 4.79 Å². The maximum Gasteiger partial charge on any atom is 0.224 e. The number of nitrogens with two attached hydrogens (primary N) is 1. The summed E-state index contributed by atoms with van der Waals surface area (Å²) in [5.74, 6) is 0.551. The Bertz CT molecular complexity index is 674. The first kappa shape index (κ1) is 17.2. The number of rotatable bonds is 7. The van der Waals surface area contributed by atoms with E-state index in [0.717, 1.165) is 12.0 Å². The van der Waals surface area contributed by atoms with Gasteiger partial charge in [-0.2, -0.15) is 0 Å². The minimum atomic E-state index is -0.0773. The largest absolute Gasteiger partial charge is 0.492 e. The molecule has 0 heterocycles. The molecule has 2 rings (SSSR count). The van der Waals surface area contributed by atoms with Crippen LogP contribution in [0.15, 0.2) is 42.5 Å². The van der Waals surface area contributed by atoms with Crippen molar-refractivity contribution < 1.29 is 9.53 Å². The number of anilines is 2. The summed E-state index contributed by atoms with van der Waals surface area (Å²) in [6, 6.07) is 12.8. The van der Waals surface area contributed by atoms with Crippen molar-refractivity contribution in [3.63, 3.8) is 0 Å². The molecule has 0 aromatic heterocycles. The molecule has 2 aromatic carbocycles. The van der Waals surface area contributed by atoms with Gasteiger partial charge >= 0.3 is 0 Å². The molecule has 4 nitrogen and oxygen atoms in total. The zero-order valence-electron chi connectivity index (χ0n) is 13.1. The van der Waals surface area contributed by atoms with Crippen LogP contribution in [0.1, 0.15) is 25.3 Å². The fourth-order valence-corrected chi connectivity index (χ4v) is 2.38. The normalized spacial score (nSPS) is 10.3. The van der Waals surface area contributed by atoms with Gasteiger partial charge in [0.15, 0.2) is 0 Å². The Morgan fingerprint density at radius 1 is 1.26 bits per heavy atom. The lowest BCUT2D eigenvalue weighted by atomic mass is 10.1. The molecule has 0 aliphatic carbocycles. The van der Waals surface area contributed by atoms with E-state index in [0.29, 0.717) is 41.6 Å². The molecule has 1 amide bonds. The number of carbonyl (C=O) groups excluding carboxylic acids is 1. The molecule has 0 bridgehead atoms. The summed E-state index contributed by atoms with van der Waals surface area (Å²) in [5, 5.41) is 3.33. The third kappa shape index (κ3) is 5.18. The highest BCUT2D eigenvalue weighted by molar-refractivity contribution is 6.32. The summed E-state index contributed by atoms with van der Waals surface area (Å²) in [5.41, 5.74) is 8.21. The van der Waals surface area contributed by atoms with Crippen LogP contribution in [0.3, 0.4) is 0 Å². The number of ether oxygens (including phenoxy) is 1. The quantitative estimate of drug-likeness (QED) is 0.744. The van der Waals surface area contributed by atoms with Crippen molar-refractivity contribution in [2.24, 2.45) is 0 Å². The van der Waals surface area contributed by atoms with Crippen LogP contribution in [0.5, 0.6) is 5.75 Å². The van der Waals surface area contributed by atoms with Gasteiger partial charge in [0.1, 0.15) is 5.75 Å². The Kier molecular flexibility index (Phi) is 6.29. The first-order chi connectivity index (χ1) is 11.1. The van der Waals surface area contributed by atoms with Crippen LogP contribution >= 0.6 is 11.6 Å². The average molecular weight is 333 g/mol. The van der Waals surface area contributed by atoms with E-state index < -0.39 is 0 Å². The molecule has 0 saturated carbocycles. The van der Waals surface area contributed by atoms with Gasteiger partial charge in [0.25, 0.3) is 0 Å². The third-order valence-corrected chi connectivity index (χ3v) is 3.65. The lowest BCUT2D eigenvalue weighted by molar-refractivity contribution is -0.116. The van der Waals surface area contributed by atoms with E-state index in [9.17, 15) is 4.79 Å². The van der Waals surface area contributed by atoms with E-state index in [1.165, 1.54) is 0 Å². The maximum atomic E-state index is 12.0. The summed E-state index contributed by atoms with van der Waals surface area (Å²) >= 11 is 6.15. The monoisotopic (exact) mass is 332 g/mol. The molecule has 122 valence electrons. The van der Waals surface area contributed by atoms with E-state index in [4.69, 9.17) is 22.1 Å². The molecule has 23 heavy (non-hydrogen) atoms. The Morgan fingerprint density at radius 3 is 2.74 bits per heavy atom. The van der Waals surface area contributed by atoms with E-state index in [1.807, 2.05) is 31.2 Å². The van der Waals surface area contributed by atoms with Gasteiger partial charge in [0.2, 0.25) is 5.91 Å². The van der Waals surface area contributed by atoms with E-state index in [1.54, 1.807) is 18.2 Å². The summed E-state index contributed by atoms with van der Waals surface area (Å²) in [6.07, 6.45) is 1.88. The number of halogens is 1. The van der Waals surface area contributed by atoms with Gasteiger partial charge in [-0.15, -0.1) is 0 Å². The molecule has 5 heteroatoms. The number of amides is 1. The fourth-order valence-electron chi connectivity index (χ4n) is 2.14. The Balaban J connectivity index is 1.90. The molecule has 0 fully saturated rings. The SMILES string of the molecule is CCCOc1ccc(NC(=O)CCc2ccccc2N)cc1Cl. The minimum absolute atomic E-state index is 0.0773. The summed E-state index contributed by atoms with van der Waals surface area (Å²) in [6.45, 7) is 2.64. The van der Waals surface area contributed by atoms with Gasteiger partial charge in [-0.1, -0.05) is 36.7 Å². The number of para-hydroxylation sites is 1. The van der Waals surface area contributed by atoms with Gasteiger partial charge in [-0.25, -0.2) is 0 Å². The van der Waals surface area contributed by atoms with Crippen molar-refractivity contribution in [3.05, 3.63) is 53.1 Å². The number of benzene rings is 2. The molecule has 0 aliphatic rings. The highest BCUT2D eigenvalue weighted by Crippen LogP contribution is 2.28. The number of nitrogen functional groups attached to an aromatic ring is 1. The van der Waals surface area contributed by atoms with Crippen LogP contribution < -0.4 is 15.8 Å². The smallest absolute Gasteiger partial charge is 0.224 e. The minimum Gasteiger partial charge on any atom is -0.492 e. The van der Waals surface area contributed by atoms with Gasteiger partial charge in [0.05, 0.1) is 11.6 Å². The molecule has 0 atom stereocenters. The van der Waals surface area contributed by atoms with Crippen LogP contribution in [-0.4, -0.2) is 12.5 Å². The second-order valence-electron chi connectivity index (χ2n) is 5.24. The van der Waals surface area contributed by atoms with Gasteiger partial charge < -0.3 is 15.8 Å². The third-order valence-electron chi connectivity index (χ3n) is 3.35. The Labute approximate surface area is 141 Å². The van der Waals surface area contributed by atoms with Crippen LogP contribution in [-0.2, 0) is 11.2 Å². The average Bonchev–Trinajstić information content (AvgIpc) is 2.53. The van der Waals surface area contributed by atoms with Crippen LogP contribution in [0, 0.1) is 0 Å². The summed E-state index contributed by atoms with van der Waals surface area (Å²) in [4.78, 5) is 12.0. The lowest BCUT2D eigenvalue weighted by Gasteiger charge is -2.10. The van der Waals surface area contributed by atoms with Crippen molar-refractivity contribution in [2.75, 3.05) is 17.7 Å². The number of nitrogens with one attached hydrogen (secondary N) is 1. The highest BCUT2D eigenvalue weighted by atomic mass is 35.5. The molecular formula is C18H21ClN2O2. The van der Waals surface area contributed by atoms with E-state index >= 15 is 0 Å². The molecule has 2 aromatic rings. The molecule has 3 N–H and O–H groups in total. The van der Waals surface area contributed by atoms with Crippen LogP contribution in [0.4, 0.5) is 11.4 Å². The van der Waals surface area contributed by atoms with E-state index in [2.05, 4.69) is 5.32 Å². The topological polar surface area (TPSA) is 64.3 Å². The fraction of sp³-hybridized carbons (Fsp3) is 0.278. The van der Waals surface area contributed by atoms with Crippen molar-refractivity contribution in [3.8, 4) is 5.75 Å². The first-order valence-electron chi connectivity index (χ1n) is 7.65. The number of aryl methyl sites for hydroxylation is 1. The molecular weight excluding hydrogens is 312 g/mol. The highest BCUT2D eigenvalue weighted by Gasteiger charge is 2.07. The number of hydrogen-bond donors (Lipinski definition) is 2. The van der Waals surface area contributed by atoms with Gasteiger partial charge in [0, 0.05) is 17.8 Å². The maximum absolute atomic E-state index is 12.0. The van der Waals surface area contributed by atoms with Crippen molar-refractivity contribution >= 4 is 28.9 Å². The number of carbonyl (C=O) groups is 1.